The number of nitrogens with one attached hydrogen (secondary N) is 1. The number of hydrogen-bond acceptors (Lipinski definition) is 2. The van der Waals surface area contributed by atoms with Crippen molar-refractivity contribution in [1.29, 1.82) is 0 Å². The third kappa shape index (κ3) is 2.53. The van der Waals surface area contributed by atoms with Crippen LogP contribution in [0, 0.1) is 11.8 Å². The molecule has 0 aromatic heterocycles. The predicted octanol–water partition coefficient (Wildman–Crippen LogP) is 2.30. The second-order valence-electron chi connectivity index (χ2n) is 4.67. The Morgan fingerprint density at radius 1 is 1.33 bits per heavy atom. The summed E-state index contributed by atoms with van der Waals surface area (Å²) in [4.78, 5) is 22.8. The molecular formula is C14H17NO3. The highest BCUT2D eigenvalue weighted by atomic mass is 16.4. The molecular weight excluding hydrogens is 230 g/mol. The van der Waals surface area contributed by atoms with Gasteiger partial charge in [-0.05, 0) is 37.0 Å². The van der Waals surface area contributed by atoms with Crippen molar-refractivity contribution < 1.29 is 14.7 Å². The second kappa shape index (κ2) is 5.21. The van der Waals surface area contributed by atoms with Gasteiger partial charge in [0.05, 0.1) is 11.8 Å². The fourth-order valence-electron chi connectivity index (χ4n) is 2.21. The van der Waals surface area contributed by atoms with Crippen LogP contribution < -0.4 is 5.32 Å². The molecule has 1 aromatic carbocycles. The van der Waals surface area contributed by atoms with Crippen molar-refractivity contribution in [3.8, 4) is 0 Å². The lowest BCUT2D eigenvalue weighted by molar-refractivity contribution is -0.151. The number of carboxylic acid groups (broad SMARTS) is 1. The summed E-state index contributed by atoms with van der Waals surface area (Å²) < 4.78 is 0. The van der Waals surface area contributed by atoms with Crippen LogP contribution in [0.2, 0.25) is 0 Å². The molecule has 0 radical (unpaired) electrons. The second-order valence-corrected chi connectivity index (χ2v) is 4.67. The molecule has 1 saturated carbocycles. The quantitative estimate of drug-likeness (QED) is 0.858. The van der Waals surface area contributed by atoms with E-state index in [-0.39, 0.29) is 11.8 Å². The summed E-state index contributed by atoms with van der Waals surface area (Å²) in [6.07, 6.45) is 2.17. The first-order valence-corrected chi connectivity index (χ1v) is 6.24. The molecule has 1 amide bonds. The summed E-state index contributed by atoms with van der Waals surface area (Å²) in [5.41, 5.74) is 1.89. The molecule has 2 rings (SSSR count). The fraction of sp³-hybridized carbons (Fsp3) is 0.429. The average molecular weight is 247 g/mol. The van der Waals surface area contributed by atoms with Crippen LogP contribution in [0.15, 0.2) is 24.3 Å². The van der Waals surface area contributed by atoms with Gasteiger partial charge >= 0.3 is 5.97 Å². The Labute approximate surface area is 106 Å². The molecule has 0 spiro atoms. The van der Waals surface area contributed by atoms with Gasteiger partial charge < -0.3 is 10.4 Å². The Balaban J connectivity index is 2.01. The van der Waals surface area contributed by atoms with Gasteiger partial charge in [-0.25, -0.2) is 0 Å². The maximum atomic E-state index is 11.9. The molecule has 0 saturated heterocycles. The highest BCUT2D eigenvalue weighted by Gasteiger charge is 2.41. The van der Waals surface area contributed by atoms with Gasteiger partial charge in [0.15, 0.2) is 0 Å². The molecule has 1 aliphatic carbocycles. The maximum Gasteiger partial charge on any atom is 0.307 e. The highest BCUT2D eigenvalue weighted by molar-refractivity contribution is 5.96. The SMILES string of the molecule is CCc1cccc(NC(=O)C2CCC2C(=O)O)c1. The Morgan fingerprint density at radius 2 is 2.06 bits per heavy atom. The van der Waals surface area contributed by atoms with Crippen LogP contribution in [-0.2, 0) is 16.0 Å². The molecule has 1 fully saturated rings. The van der Waals surface area contributed by atoms with Crippen molar-refractivity contribution >= 4 is 17.6 Å². The number of aryl methyl sites for hydroxylation is 1. The van der Waals surface area contributed by atoms with E-state index in [4.69, 9.17) is 5.11 Å². The standard InChI is InChI=1S/C14H17NO3/c1-2-9-4-3-5-10(8-9)15-13(16)11-6-7-12(11)14(17)18/h3-5,8,11-12H,2,6-7H2,1H3,(H,15,16)(H,17,18). The van der Waals surface area contributed by atoms with E-state index in [1.165, 1.54) is 0 Å². The van der Waals surface area contributed by atoms with Gasteiger partial charge in [-0.1, -0.05) is 19.1 Å². The molecule has 4 nitrogen and oxygen atoms in total. The maximum absolute atomic E-state index is 11.9. The monoisotopic (exact) mass is 247 g/mol. The number of anilines is 1. The van der Waals surface area contributed by atoms with Crippen LogP contribution in [0.4, 0.5) is 5.69 Å². The highest BCUT2D eigenvalue weighted by Crippen LogP contribution is 2.35. The van der Waals surface area contributed by atoms with Crippen LogP contribution in [0.25, 0.3) is 0 Å². The minimum atomic E-state index is -0.872. The van der Waals surface area contributed by atoms with E-state index in [0.29, 0.717) is 12.8 Å². The molecule has 0 aliphatic heterocycles. The van der Waals surface area contributed by atoms with Crippen LogP contribution in [0.3, 0.4) is 0 Å². The molecule has 0 bridgehead atoms. The van der Waals surface area contributed by atoms with Crippen molar-refractivity contribution in [2.24, 2.45) is 11.8 Å². The number of rotatable bonds is 4. The lowest BCUT2D eigenvalue weighted by atomic mass is 9.73. The molecule has 1 aromatic rings. The Kier molecular flexibility index (Phi) is 3.65. The normalized spacial score (nSPS) is 22.1. The largest absolute Gasteiger partial charge is 0.481 e. The van der Waals surface area contributed by atoms with Gasteiger partial charge in [-0.15, -0.1) is 0 Å². The smallest absolute Gasteiger partial charge is 0.307 e. The van der Waals surface area contributed by atoms with E-state index >= 15 is 0 Å². The molecule has 2 atom stereocenters. The van der Waals surface area contributed by atoms with Crippen molar-refractivity contribution in [2.45, 2.75) is 26.2 Å². The van der Waals surface area contributed by atoms with Crippen molar-refractivity contribution in [1.82, 2.24) is 0 Å². The Hall–Kier alpha value is -1.84. The first-order valence-electron chi connectivity index (χ1n) is 6.24. The zero-order valence-corrected chi connectivity index (χ0v) is 10.3. The predicted molar refractivity (Wildman–Crippen MR) is 68.3 cm³/mol. The van der Waals surface area contributed by atoms with Crippen molar-refractivity contribution in [3.05, 3.63) is 29.8 Å². The van der Waals surface area contributed by atoms with Crippen molar-refractivity contribution in [2.75, 3.05) is 5.32 Å². The molecule has 96 valence electrons. The van der Waals surface area contributed by atoms with E-state index in [1.54, 1.807) is 0 Å². The number of carbonyl (C=O) groups is 2. The molecule has 0 heterocycles. The Morgan fingerprint density at radius 3 is 2.61 bits per heavy atom. The van der Waals surface area contributed by atoms with Crippen LogP contribution >= 0.6 is 0 Å². The van der Waals surface area contributed by atoms with Gasteiger partial charge in [0, 0.05) is 5.69 Å². The summed E-state index contributed by atoms with van der Waals surface area (Å²) in [6.45, 7) is 2.05. The van der Waals surface area contributed by atoms with Gasteiger partial charge in [0.1, 0.15) is 0 Å². The van der Waals surface area contributed by atoms with E-state index in [9.17, 15) is 9.59 Å². The van der Waals surface area contributed by atoms with E-state index in [0.717, 1.165) is 17.7 Å². The van der Waals surface area contributed by atoms with Gasteiger partial charge in [-0.3, -0.25) is 9.59 Å². The molecule has 4 heteroatoms. The summed E-state index contributed by atoms with van der Waals surface area (Å²) in [7, 11) is 0. The number of carboxylic acids is 1. The minimum Gasteiger partial charge on any atom is -0.481 e. The average Bonchev–Trinajstić information content (AvgIpc) is 2.26. The first-order chi connectivity index (χ1) is 8.61. The molecule has 2 N–H and O–H groups in total. The lowest BCUT2D eigenvalue weighted by Gasteiger charge is -2.31. The zero-order chi connectivity index (χ0) is 13.1. The fourth-order valence-corrected chi connectivity index (χ4v) is 2.21. The summed E-state index contributed by atoms with van der Waals surface area (Å²) >= 11 is 0. The summed E-state index contributed by atoms with van der Waals surface area (Å²) in [5.74, 6) is -1.95. The number of carbonyl (C=O) groups excluding carboxylic acids is 1. The number of hydrogen-bond donors (Lipinski definition) is 2. The first kappa shape index (κ1) is 12.6. The van der Waals surface area contributed by atoms with E-state index in [1.807, 2.05) is 31.2 Å². The summed E-state index contributed by atoms with van der Waals surface area (Å²) in [5, 5.41) is 11.7. The van der Waals surface area contributed by atoms with E-state index in [2.05, 4.69) is 5.32 Å². The lowest BCUT2D eigenvalue weighted by Crippen LogP contribution is -2.41. The van der Waals surface area contributed by atoms with Gasteiger partial charge in [0.25, 0.3) is 0 Å². The van der Waals surface area contributed by atoms with Crippen LogP contribution in [0.1, 0.15) is 25.3 Å². The van der Waals surface area contributed by atoms with E-state index < -0.39 is 11.9 Å². The van der Waals surface area contributed by atoms with Gasteiger partial charge in [-0.2, -0.15) is 0 Å². The number of amides is 1. The number of benzene rings is 1. The molecule has 18 heavy (non-hydrogen) atoms. The minimum absolute atomic E-state index is 0.179. The zero-order valence-electron chi connectivity index (χ0n) is 10.3. The Bertz CT molecular complexity index is 470. The molecule has 2 unspecified atom stereocenters. The molecule has 1 aliphatic rings. The van der Waals surface area contributed by atoms with Gasteiger partial charge in [0.2, 0.25) is 5.91 Å². The topological polar surface area (TPSA) is 66.4 Å². The third-order valence-electron chi connectivity index (χ3n) is 3.53. The third-order valence-corrected chi connectivity index (χ3v) is 3.53. The van der Waals surface area contributed by atoms with Crippen LogP contribution in [-0.4, -0.2) is 17.0 Å². The number of aliphatic carboxylic acids is 1. The van der Waals surface area contributed by atoms with Crippen molar-refractivity contribution in [3.63, 3.8) is 0 Å². The van der Waals surface area contributed by atoms with Crippen LogP contribution in [0.5, 0.6) is 0 Å². The summed E-state index contributed by atoms with van der Waals surface area (Å²) in [6, 6.07) is 7.64.